The second kappa shape index (κ2) is 6.82. The number of ether oxygens (including phenoxy) is 1. The van der Waals surface area contributed by atoms with Gasteiger partial charge >= 0.3 is 0 Å². The first-order valence-electron chi connectivity index (χ1n) is 8.52. The van der Waals surface area contributed by atoms with Crippen molar-refractivity contribution < 1.29 is 9.53 Å². The van der Waals surface area contributed by atoms with Crippen LogP contribution in [0.2, 0.25) is 0 Å². The molecule has 3 atom stereocenters. The van der Waals surface area contributed by atoms with Gasteiger partial charge in [0, 0.05) is 6.42 Å². The molecule has 0 saturated carbocycles. The Hall–Kier alpha value is -1.70. The van der Waals surface area contributed by atoms with E-state index in [-0.39, 0.29) is 18.1 Å². The maximum Gasteiger partial charge on any atom is 0.129 e. The number of piperidine rings is 1. The number of carbonyl (C=O) groups excluding carboxylic acids is 1. The summed E-state index contributed by atoms with van der Waals surface area (Å²) in [6.07, 6.45) is 4.96. The normalized spacial score (nSPS) is 30.6. The van der Waals surface area contributed by atoms with Gasteiger partial charge in [0.15, 0.2) is 0 Å². The van der Waals surface area contributed by atoms with E-state index in [9.17, 15) is 10.1 Å². The molecule has 2 heterocycles. The van der Waals surface area contributed by atoms with Gasteiger partial charge in [0.05, 0.1) is 18.7 Å². The van der Waals surface area contributed by atoms with Crippen molar-refractivity contribution in [2.45, 2.75) is 63.3 Å². The van der Waals surface area contributed by atoms with Crippen molar-refractivity contribution in [1.82, 2.24) is 4.90 Å². The van der Waals surface area contributed by atoms with Gasteiger partial charge in [0.1, 0.15) is 17.6 Å². The molecule has 0 aliphatic carbocycles. The number of fused-ring (bicyclic) bond motifs is 1. The Morgan fingerprint density at radius 1 is 1.43 bits per heavy atom. The predicted molar refractivity (Wildman–Crippen MR) is 87.5 cm³/mol. The lowest BCUT2D eigenvalue weighted by Gasteiger charge is -2.45. The van der Waals surface area contributed by atoms with Crippen LogP contribution in [0.15, 0.2) is 30.3 Å². The molecule has 2 saturated heterocycles. The van der Waals surface area contributed by atoms with Gasteiger partial charge in [0.2, 0.25) is 0 Å². The van der Waals surface area contributed by atoms with Gasteiger partial charge in [-0.25, -0.2) is 0 Å². The van der Waals surface area contributed by atoms with Crippen molar-refractivity contribution in [2.75, 3.05) is 6.61 Å². The summed E-state index contributed by atoms with van der Waals surface area (Å²) in [5, 5.41) is 9.99. The SMILES string of the molecule is CC(=O)CCC[C@]1(C#N)CCC[C@@H]2OC[C@H](c3ccccc3)N21. The molecular formula is C19H24N2O2. The Morgan fingerprint density at radius 3 is 2.91 bits per heavy atom. The van der Waals surface area contributed by atoms with E-state index in [2.05, 4.69) is 23.1 Å². The highest BCUT2D eigenvalue weighted by molar-refractivity contribution is 5.75. The Kier molecular flexibility index (Phi) is 4.79. The Morgan fingerprint density at radius 2 is 2.22 bits per heavy atom. The molecule has 1 aromatic rings. The standard InChI is InChI=1S/C19H24N2O2/c1-15(22)7-5-11-19(14-20)12-6-10-18-21(19)17(13-23-18)16-8-3-2-4-9-16/h2-4,8-9,17-18H,5-7,10-13H2,1H3/t17-,18+,19-/m1/s1. The van der Waals surface area contributed by atoms with Crippen LogP contribution < -0.4 is 0 Å². The first-order valence-corrected chi connectivity index (χ1v) is 8.52. The lowest BCUT2D eigenvalue weighted by atomic mass is 9.81. The molecule has 0 aromatic heterocycles. The summed E-state index contributed by atoms with van der Waals surface area (Å²) in [6.45, 7) is 2.26. The number of rotatable bonds is 5. The first kappa shape index (κ1) is 16.2. The minimum atomic E-state index is -0.505. The summed E-state index contributed by atoms with van der Waals surface area (Å²) in [5.41, 5.74) is 0.707. The average Bonchev–Trinajstić information content (AvgIpc) is 3.00. The number of ketones is 1. The molecule has 23 heavy (non-hydrogen) atoms. The number of carbonyl (C=O) groups is 1. The highest BCUT2D eigenvalue weighted by Crippen LogP contribution is 2.45. The number of benzene rings is 1. The molecule has 122 valence electrons. The minimum Gasteiger partial charge on any atom is -0.361 e. The maximum atomic E-state index is 11.3. The summed E-state index contributed by atoms with van der Waals surface area (Å²) < 4.78 is 6.02. The van der Waals surface area contributed by atoms with Crippen molar-refractivity contribution in [1.29, 1.82) is 5.26 Å². The number of hydrogen-bond acceptors (Lipinski definition) is 4. The molecule has 0 unspecified atom stereocenters. The van der Waals surface area contributed by atoms with Crippen LogP contribution in [0.4, 0.5) is 0 Å². The van der Waals surface area contributed by atoms with E-state index in [0.717, 1.165) is 32.1 Å². The molecule has 4 nitrogen and oxygen atoms in total. The van der Waals surface area contributed by atoms with Crippen LogP contribution in [0.1, 0.15) is 57.1 Å². The third kappa shape index (κ3) is 3.17. The summed E-state index contributed by atoms with van der Waals surface area (Å²) >= 11 is 0. The van der Waals surface area contributed by atoms with Crippen LogP contribution in [0, 0.1) is 11.3 Å². The van der Waals surface area contributed by atoms with E-state index in [1.807, 2.05) is 18.2 Å². The molecule has 0 amide bonds. The van der Waals surface area contributed by atoms with Crippen LogP contribution in [0.25, 0.3) is 0 Å². The second-order valence-electron chi connectivity index (χ2n) is 6.71. The molecule has 1 aromatic carbocycles. The highest BCUT2D eigenvalue weighted by Gasteiger charge is 2.51. The van der Waals surface area contributed by atoms with Crippen LogP contribution in [-0.2, 0) is 9.53 Å². The van der Waals surface area contributed by atoms with Gasteiger partial charge in [-0.2, -0.15) is 5.26 Å². The largest absolute Gasteiger partial charge is 0.361 e. The number of Topliss-reactive ketones (excluding diaryl/α,β-unsaturated/α-hetero) is 1. The molecule has 2 fully saturated rings. The fourth-order valence-electron chi connectivity index (χ4n) is 4.04. The third-order valence-electron chi connectivity index (χ3n) is 5.14. The lowest BCUT2D eigenvalue weighted by Crippen LogP contribution is -2.54. The van der Waals surface area contributed by atoms with E-state index in [0.29, 0.717) is 13.0 Å². The third-order valence-corrected chi connectivity index (χ3v) is 5.14. The van der Waals surface area contributed by atoms with Crippen LogP contribution in [0.3, 0.4) is 0 Å². The fraction of sp³-hybridized carbons (Fsp3) is 0.579. The van der Waals surface area contributed by atoms with E-state index in [1.54, 1.807) is 6.92 Å². The predicted octanol–water partition coefficient (Wildman–Crippen LogP) is 3.59. The Labute approximate surface area is 138 Å². The lowest BCUT2D eigenvalue weighted by molar-refractivity contribution is -0.117. The van der Waals surface area contributed by atoms with Crippen molar-refractivity contribution in [3.05, 3.63) is 35.9 Å². The Bertz CT molecular complexity index is 595. The number of nitrogens with zero attached hydrogens (tertiary/aromatic N) is 2. The highest BCUT2D eigenvalue weighted by atomic mass is 16.5. The molecule has 0 N–H and O–H groups in total. The molecule has 0 spiro atoms. The zero-order valence-corrected chi connectivity index (χ0v) is 13.7. The van der Waals surface area contributed by atoms with Crippen LogP contribution in [0.5, 0.6) is 0 Å². The first-order chi connectivity index (χ1) is 11.2. The fourth-order valence-corrected chi connectivity index (χ4v) is 4.04. The zero-order chi connectivity index (χ0) is 16.3. The zero-order valence-electron chi connectivity index (χ0n) is 13.7. The van der Waals surface area contributed by atoms with E-state index >= 15 is 0 Å². The second-order valence-corrected chi connectivity index (χ2v) is 6.71. The van der Waals surface area contributed by atoms with Gasteiger partial charge in [-0.05, 0) is 44.6 Å². The van der Waals surface area contributed by atoms with Crippen LogP contribution >= 0.6 is 0 Å². The molecule has 2 aliphatic heterocycles. The van der Waals surface area contributed by atoms with Gasteiger partial charge in [-0.15, -0.1) is 0 Å². The smallest absolute Gasteiger partial charge is 0.129 e. The van der Waals surface area contributed by atoms with Gasteiger partial charge < -0.3 is 9.53 Å². The number of nitriles is 1. The molecule has 2 aliphatic rings. The monoisotopic (exact) mass is 312 g/mol. The van der Waals surface area contributed by atoms with Crippen molar-refractivity contribution in [3.63, 3.8) is 0 Å². The minimum absolute atomic E-state index is 0.0333. The van der Waals surface area contributed by atoms with Gasteiger partial charge in [0.25, 0.3) is 0 Å². The molecule has 3 rings (SSSR count). The Balaban J connectivity index is 1.86. The van der Waals surface area contributed by atoms with Crippen molar-refractivity contribution >= 4 is 5.78 Å². The molecular weight excluding hydrogens is 288 g/mol. The summed E-state index contributed by atoms with van der Waals surface area (Å²) in [6, 6.07) is 13.0. The maximum absolute atomic E-state index is 11.3. The quantitative estimate of drug-likeness (QED) is 0.833. The molecule has 0 radical (unpaired) electrons. The summed E-state index contributed by atoms with van der Waals surface area (Å²) in [7, 11) is 0. The van der Waals surface area contributed by atoms with Crippen molar-refractivity contribution in [2.24, 2.45) is 0 Å². The van der Waals surface area contributed by atoms with Crippen molar-refractivity contribution in [3.8, 4) is 6.07 Å². The van der Waals surface area contributed by atoms with Crippen LogP contribution in [-0.4, -0.2) is 29.1 Å². The summed E-state index contributed by atoms with van der Waals surface area (Å²) in [4.78, 5) is 13.6. The summed E-state index contributed by atoms with van der Waals surface area (Å²) in [5.74, 6) is 0.197. The number of hydrogen-bond donors (Lipinski definition) is 0. The van der Waals surface area contributed by atoms with E-state index in [4.69, 9.17) is 4.74 Å². The molecule has 0 bridgehead atoms. The average molecular weight is 312 g/mol. The molecule has 4 heteroatoms. The topological polar surface area (TPSA) is 53.3 Å². The van der Waals surface area contributed by atoms with E-state index in [1.165, 1.54) is 5.56 Å². The van der Waals surface area contributed by atoms with Gasteiger partial charge in [-0.3, -0.25) is 4.90 Å². The van der Waals surface area contributed by atoms with Gasteiger partial charge in [-0.1, -0.05) is 30.3 Å². The van der Waals surface area contributed by atoms with E-state index < -0.39 is 5.54 Å².